The van der Waals surface area contributed by atoms with E-state index in [0.717, 1.165) is 22.6 Å². The normalized spacial score (nSPS) is 10.2. The van der Waals surface area contributed by atoms with Gasteiger partial charge in [-0.3, -0.25) is 0 Å². The zero-order valence-corrected chi connectivity index (χ0v) is 9.94. The van der Waals surface area contributed by atoms with E-state index in [-0.39, 0.29) is 0 Å². The highest BCUT2D eigenvalue weighted by molar-refractivity contribution is 5.51. The van der Waals surface area contributed by atoms with Gasteiger partial charge in [-0.05, 0) is 31.5 Å². The first kappa shape index (κ1) is 11.4. The van der Waals surface area contributed by atoms with Gasteiger partial charge in [0.25, 0.3) is 0 Å². The molecule has 0 aliphatic rings. The van der Waals surface area contributed by atoms with Crippen molar-refractivity contribution in [3.8, 4) is 11.8 Å². The van der Waals surface area contributed by atoms with Crippen LogP contribution in [0.5, 0.6) is 0 Å². The number of rotatable bonds is 2. The molecule has 1 heterocycles. The summed E-state index contributed by atoms with van der Waals surface area (Å²) in [6.07, 6.45) is 1.74. The van der Waals surface area contributed by atoms with E-state index in [0.29, 0.717) is 12.1 Å². The Morgan fingerprint density at radius 2 is 2.18 bits per heavy atom. The lowest BCUT2D eigenvalue weighted by Crippen LogP contribution is -2.02. The maximum absolute atomic E-state index is 9.17. The third-order valence-corrected chi connectivity index (χ3v) is 2.93. The monoisotopic (exact) mass is 226 g/mol. The van der Waals surface area contributed by atoms with Gasteiger partial charge in [-0.2, -0.15) is 5.26 Å². The van der Waals surface area contributed by atoms with Gasteiger partial charge < -0.3 is 10.3 Å². The van der Waals surface area contributed by atoms with E-state index in [1.165, 1.54) is 0 Å². The maximum Gasteiger partial charge on any atom is 0.101 e. The topological polar surface area (TPSA) is 67.6 Å². The molecule has 0 atom stereocenters. The van der Waals surface area contributed by atoms with Crippen LogP contribution in [-0.2, 0) is 6.54 Å². The molecular formula is C13H14N4. The van der Waals surface area contributed by atoms with Crippen molar-refractivity contribution in [2.24, 2.45) is 5.73 Å². The molecule has 1 aromatic carbocycles. The van der Waals surface area contributed by atoms with E-state index in [1.54, 1.807) is 6.33 Å². The minimum atomic E-state index is 0.441. The third-order valence-electron chi connectivity index (χ3n) is 2.93. The van der Waals surface area contributed by atoms with Crippen LogP contribution in [0.2, 0.25) is 0 Å². The van der Waals surface area contributed by atoms with Crippen LogP contribution in [-0.4, -0.2) is 9.55 Å². The number of nitriles is 1. The average molecular weight is 226 g/mol. The van der Waals surface area contributed by atoms with Crippen LogP contribution in [0.15, 0.2) is 24.5 Å². The van der Waals surface area contributed by atoms with Crippen molar-refractivity contribution in [1.82, 2.24) is 9.55 Å². The van der Waals surface area contributed by atoms with Crippen molar-refractivity contribution in [3.05, 3.63) is 47.0 Å². The number of aryl methyl sites for hydroxylation is 1. The molecule has 17 heavy (non-hydrogen) atoms. The minimum absolute atomic E-state index is 0.441. The summed E-state index contributed by atoms with van der Waals surface area (Å²) in [7, 11) is 0. The molecule has 0 amide bonds. The molecule has 0 spiro atoms. The summed E-state index contributed by atoms with van der Waals surface area (Å²) >= 11 is 0. The van der Waals surface area contributed by atoms with E-state index >= 15 is 0 Å². The lowest BCUT2D eigenvalue weighted by atomic mass is 10.1. The highest BCUT2D eigenvalue weighted by Crippen LogP contribution is 2.19. The predicted molar refractivity (Wildman–Crippen MR) is 65.6 cm³/mol. The number of nitrogens with zero attached hydrogens (tertiary/aromatic N) is 3. The Balaban J connectivity index is 2.60. The van der Waals surface area contributed by atoms with Gasteiger partial charge in [-0.1, -0.05) is 6.07 Å². The number of hydrogen-bond acceptors (Lipinski definition) is 3. The summed E-state index contributed by atoms with van der Waals surface area (Å²) in [6, 6.07) is 7.87. The van der Waals surface area contributed by atoms with E-state index in [4.69, 9.17) is 5.73 Å². The third kappa shape index (κ3) is 1.93. The number of benzene rings is 1. The van der Waals surface area contributed by atoms with Gasteiger partial charge in [0.05, 0.1) is 23.3 Å². The molecule has 4 nitrogen and oxygen atoms in total. The Hall–Kier alpha value is -2.12. The predicted octanol–water partition coefficient (Wildman–Crippen LogP) is 1.82. The van der Waals surface area contributed by atoms with Crippen LogP contribution >= 0.6 is 0 Å². The second-order valence-corrected chi connectivity index (χ2v) is 3.95. The molecule has 2 aromatic rings. The van der Waals surface area contributed by atoms with Gasteiger partial charge in [0.2, 0.25) is 0 Å². The molecule has 4 heteroatoms. The lowest BCUT2D eigenvalue weighted by Gasteiger charge is -2.09. The maximum atomic E-state index is 9.17. The Bertz CT molecular complexity index is 590. The summed E-state index contributed by atoms with van der Waals surface area (Å²) in [5.41, 5.74) is 10.0. The first-order chi connectivity index (χ1) is 8.17. The van der Waals surface area contributed by atoms with Crippen LogP contribution in [0, 0.1) is 25.2 Å². The molecule has 0 fully saturated rings. The molecule has 0 saturated heterocycles. The van der Waals surface area contributed by atoms with E-state index in [9.17, 15) is 5.26 Å². The first-order valence-corrected chi connectivity index (χ1v) is 5.41. The quantitative estimate of drug-likeness (QED) is 0.849. The van der Waals surface area contributed by atoms with Crippen molar-refractivity contribution in [1.29, 1.82) is 5.26 Å². The smallest absolute Gasteiger partial charge is 0.101 e. The van der Waals surface area contributed by atoms with Gasteiger partial charge >= 0.3 is 0 Å². The highest BCUT2D eigenvalue weighted by Gasteiger charge is 2.09. The number of aromatic nitrogens is 2. The van der Waals surface area contributed by atoms with Gasteiger partial charge in [0, 0.05) is 12.2 Å². The summed E-state index contributed by atoms with van der Waals surface area (Å²) < 4.78 is 1.92. The van der Waals surface area contributed by atoms with Crippen LogP contribution in [0.3, 0.4) is 0 Å². The van der Waals surface area contributed by atoms with Crippen LogP contribution in [0.4, 0.5) is 0 Å². The number of nitrogens with two attached hydrogens (primary N) is 1. The molecule has 2 rings (SSSR count). The van der Waals surface area contributed by atoms with Gasteiger partial charge in [0.1, 0.15) is 6.07 Å². The number of imidazole rings is 1. The molecule has 1 aromatic heterocycles. The second kappa shape index (κ2) is 4.40. The standard InChI is InChI=1S/C13H14N4/c1-9-10(2)17(8-16-9)13-4-3-11(6-14)5-12(13)7-15/h3-5,8H,6,14H2,1-2H3. The molecule has 0 saturated carbocycles. The second-order valence-electron chi connectivity index (χ2n) is 3.95. The summed E-state index contributed by atoms with van der Waals surface area (Å²) in [5, 5.41) is 9.17. The van der Waals surface area contributed by atoms with Crippen molar-refractivity contribution in [3.63, 3.8) is 0 Å². The molecule has 0 aliphatic carbocycles. The fraction of sp³-hybridized carbons (Fsp3) is 0.231. The summed E-state index contributed by atoms with van der Waals surface area (Å²) in [5.74, 6) is 0. The molecule has 0 aliphatic heterocycles. The van der Waals surface area contributed by atoms with Crippen LogP contribution in [0.25, 0.3) is 5.69 Å². The molecule has 0 unspecified atom stereocenters. The summed E-state index contributed by atoms with van der Waals surface area (Å²) in [6.45, 7) is 4.38. The van der Waals surface area contributed by atoms with E-state index in [1.807, 2.05) is 36.6 Å². The molecule has 2 N–H and O–H groups in total. The molecule has 86 valence electrons. The van der Waals surface area contributed by atoms with Crippen LogP contribution < -0.4 is 5.73 Å². The SMILES string of the molecule is Cc1ncn(-c2ccc(CN)cc2C#N)c1C. The fourth-order valence-electron chi connectivity index (χ4n) is 1.75. The van der Waals surface area contributed by atoms with Crippen molar-refractivity contribution in [2.75, 3.05) is 0 Å². The zero-order chi connectivity index (χ0) is 12.4. The Labute approximate surface area is 100 Å². The van der Waals surface area contributed by atoms with Gasteiger partial charge in [-0.15, -0.1) is 0 Å². The Morgan fingerprint density at radius 1 is 1.41 bits per heavy atom. The van der Waals surface area contributed by atoms with Crippen molar-refractivity contribution < 1.29 is 0 Å². The number of hydrogen-bond donors (Lipinski definition) is 1. The Kier molecular flexibility index (Phi) is 2.94. The zero-order valence-electron chi connectivity index (χ0n) is 9.94. The van der Waals surface area contributed by atoms with E-state index < -0.39 is 0 Å². The Morgan fingerprint density at radius 3 is 2.71 bits per heavy atom. The first-order valence-electron chi connectivity index (χ1n) is 5.41. The van der Waals surface area contributed by atoms with Gasteiger partial charge in [-0.25, -0.2) is 4.98 Å². The lowest BCUT2D eigenvalue weighted by molar-refractivity contribution is 0.987. The van der Waals surface area contributed by atoms with Crippen LogP contribution in [0.1, 0.15) is 22.5 Å². The largest absolute Gasteiger partial charge is 0.326 e. The highest BCUT2D eigenvalue weighted by atomic mass is 15.1. The average Bonchev–Trinajstić information content (AvgIpc) is 2.69. The molecule has 0 bridgehead atoms. The fourth-order valence-corrected chi connectivity index (χ4v) is 1.75. The molecular weight excluding hydrogens is 212 g/mol. The minimum Gasteiger partial charge on any atom is -0.326 e. The van der Waals surface area contributed by atoms with Crippen molar-refractivity contribution in [2.45, 2.75) is 20.4 Å². The molecule has 0 radical (unpaired) electrons. The summed E-state index contributed by atoms with van der Waals surface area (Å²) in [4.78, 5) is 4.24. The van der Waals surface area contributed by atoms with E-state index in [2.05, 4.69) is 11.1 Å². The van der Waals surface area contributed by atoms with Crippen molar-refractivity contribution >= 4 is 0 Å². The van der Waals surface area contributed by atoms with Gasteiger partial charge in [0.15, 0.2) is 0 Å².